The topological polar surface area (TPSA) is 40.1 Å². The quantitative estimate of drug-likeness (QED) is 0.479. The number of hydrogen-bond donors (Lipinski definition) is 0. The van der Waals surface area contributed by atoms with E-state index in [0.29, 0.717) is 0 Å². The van der Waals surface area contributed by atoms with Crippen LogP contribution in [-0.2, 0) is 4.79 Å². The molecule has 0 aliphatic rings. The van der Waals surface area contributed by atoms with E-state index in [1.165, 1.54) is 6.08 Å². The van der Waals surface area contributed by atoms with E-state index < -0.39 is 5.97 Å². The van der Waals surface area contributed by atoms with Gasteiger partial charge in [0.1, 0.15) is 0 Å². The molecule has 1 aromatic carbocycles. The van der Waals surface area contributed by atoms with Gasteiger partial charge in [-0.25, -0.2) is 0 Å². The Kier molecular flexibility index (Phi) is 8.66. The van der Waals surface area contributed by atoms with Crippen molar-refractivity contribution in [3.8, 4) is 0 Å². The number of allylic oxidation sites excluding steroid dienone is 2. The number of aliphatic carboxylic acids is 1. The molecule has 0 saturated carbocycles. The van der Waals surface area contributed by atoms with Crippen LogP contribution >= 0.6 is 0 Å². The van der Waals surface area contributed by atoms with Gasteiger partial charge in [-0.3, -0.25) is 0 Å². The average Bonchev–Trinajstić information content (AvgIpc) is 2.14. The smallest absolute Gasteiger partial charge is 0.545 e. The van der Waals surface area contributed by atoms with Gasteiger partial charge in [-0.1, -0.05) is 48.6 Å². The average molecular weight is 306 g/mol. The van der Waals surface area contributed by atoms with E-state index in [1.807, 2.05) is 36.4 Å². The summed E-state index contributed by atoms with van der Waals surface area (Å²) in [7, 11) is 0. The second-order valence-electron chi connectivity index (χ2n) is 2.45. The van der Waals surface area contributed by atoms with E-state index in [-0.39, 0.29) is 68.9 Å². The molecule has 0 radical (unpaired) electrons. The molecule has 0 fully saturated rings. The molecule has 0 bridgehead atoms. The van der Waals surface area contributed by atoms with Crippen molar-refractivity contribution in [3.63, 3.8) is 0 Å². The van der Waals surface area contributed by atoms with Crippen LogP contribution in [0.1, 0.15) is 5.56 Å². The van der Waals surface area contributed by atoms with Crippen molar-refractivity contribution in [2.24, 2.45) is 0 Å². The fourth-order valence-corrected chi connectivity index (χ4v) is 0.865. The van der Waals surface area contributed by atoms with E-state index in [1.54, 1.807) is 6.08 Å². The number of carbonyl (C=O) groups is 1. The van der Waals surface area contributed by atoms with Crippen LogP contribution in [0.4, 0.5) is 0 Å². The van der Waals surface area contributed by atoms with E-state index in [9.17, 15) is 9.90 Å². The standard InChI is InChI=1S/C11H10O2.Cs/c12-11(13)9-5-4-8-10-6-2-1-3-7-10;/h1-9H,(H,12,13);/q;+1/p-1. The van der Waals surface area contributed by atoms with Gasteiger partial charge in [-0.05, 0) is 11.6 Å². The summed E-state index contributed by atoms with van der Waals surface area (Å²) in [4.78, 5) is 9.98. The minimum atomic E-state index is -1.18. The number of rotatable bonds is 3. The molecule has 0 aromatic heterocycles. The number of carboxylic acids is 1. The Hall–Kier alpha value is 0.222. The van der Waals surface area contributed by atoms with E-state index >= 15 is 0 Å². The summed E-state index contributed by atoms with van der Waals surface area (Å²) in [5.41, 5.74) is 1.03. The van der Waals surface area contributed by atoms with Crippen molar-refractivity contribution in [3.05, 3.63) is 54.1 Å². The molecule has 0 N–H and O–H groups in total. The first-order valence-electron chi connectivity index (χ1n) is 3.90. The zero-order valence-electron chi connectivity index (χ0n) is 8.01. The Labute approximate surface area is 142 Å². The maximum atomic E-state index is 9.98. The van der Waals surface area contributed by atoms with Crippen molar-refractivity contribution in [1.29, 1.82) is 0 Å². The van der Waals surface area contributed by atoms with Gasteiger partial charge < -0.3 is 9.90 Å². The van der Waals surface area contributed by atoms with Crippen molar-refractivity contribution in [2.75, 3.05) is 0 Å². The van der Waals surface area contributed by atoms with Crippen LogP contribution in [0.3, 0.4) is 0 Å². The Morgan fingerprint density at radius 3 is 2.36 bits per heavy atom. The van der Waals surface area contributed by atoms with E-state index in [2.05, 4.69) is 0 Å². The Balaban J connectivity index is 0.00000169. The number of carbonyl (C=O) groups excluding carboxylic acids is 1. The molecule has 0 atom stereocenters. The number of benzene rings is 1. The third-order valence-electron chi connectivity index (χ3n) is 1.43. The molecule has 0 amide bonds. The molecular weight excluding hydrogens is 297 g/mol. The summed E-state index contributed by atoms with van der Waals surface area (Å²) in [6, 6.07) is 9.63. The first kappa shape index (κ1) is 14.2. The first-order valence-corrected chi connectivity index (χ1v) is 3.90. The van der Waals surface area contributed by atoms with Gasteiger partial charge in [0.15, 0.2) is 0 Å². The summed E-state index contributed by atoms with van der Waals surface area (Å²) in [6.07, 6.45) is 5.90. The number of carboxylic acid groups (broad SMARTS) is 1. The molecule has 1 rings (SSSR count). The Morgan fingerprint density at radius 2 is 1.79 bits per heavy atom. The van der Waals surface area contributed by atoms with Crippen molar-refractivity contribution in [1.82, 2.24) is 0 Å². The van der Waals surface area contributed by atoms with Gasteiger partial charge >= 0.3 is 68.9 Å². The maximum Gasteiger partial charge on any atom is 1.00 e. The van der Waals surface area contributed by atoms with Crippen LogP contribution in [0.15, 0.2) is 48.6 Å². The Bertz CT molecular complexity index is 328. The van der Waals surface area contributed by atoms with Gasteiger partial charge in [0, 0.05) is 0 Å². The minimum Gasteiger partial charge on any atom is -0.545 e. The van der Waals surface area contributed by atoms with Crippen molar-refractivity contribution in [2.45, 2.75) is 0 Å². The fourth-order valence-electron chi connectivity index (χ4n) is 0.865. The Morgan fingerprint density at radius 1 is 1.14 bits per heavy atom. The second kappa shape index (κ2) is 8.52. The molecule has 0 aliphatic carbocycles. The molecule has 0 heterocycles. The van der Waals surface area contributed by atoms with Gasteiger partial charge in [0.25, 0.3) is 0 Å². The van der Waals surface area contributed by atoms with Crippen LogP contribution in [0.25, 0.3) is 6.08 Å². The zero-order valence-corrected chi connectivity index (χ0v) is 14.3. The van der Waals surface area contributed by atoms with Crippen molar-refractivity contribution >= 4 is 12.0 Å². The summed E-state index contributed by atoms with van der Waals surface area (Å²) < 4.78 is 0. The third kappa shape index (κ3) is 6.64. The van der Waals surface area contributed by atoms with Crippen LogP contribution in [0, 0.1) is 0 Å². The SMILES string of the molecule is O=C([O-])C=CC=Cc1ccccc1.[Cs+]. The molecule has 0 spiro atoms. The van der Waals surface area contributed by atoms with Crippen LogP contribution in [0.2, 0.25) is 0 Å². The van der Waals surface area contributed by atoms with Crippen LogP contribution in [0.5, 0.6) is 0 Å². The van der Waals surface area contributed by atoms with E-state index in [4.69, 9.17) is 0 Å². The van der Waals surface area contributed by atoms with Crippen LogP contribution in [-0.4, -0.2) is 5.97 Å². The zero-order chi connectivity index (χ0) is 9.52. The molecule has 3 heteroatoms. The fraction of sp³-hybridized carbons (Fsp3) is 0. The van der Waals surface area contributed by atoms with Gasteiger partial charge in [-0.15, -0.1) is 0 Å². The molecular formula is C11H9CsO2. The monoisotopic (exact) mass is 306 g/mol. The van der Waals surface area contributed by atoms with Gasteiger partial charge in [0.2, 0.25) is 0 Å². The first-order chi connectivity index (χ1) is 6.29. The van der Waals surface area contributed by atoms with Crippen LogP contribution < -0.4 is 74.0 Å². The molecule has 2 nitrogen and oxygen atoms in total. The van der Waals surface area contributed by atoms with Crippen molar-refractivity contribution < 1.29 is 78.8 Å². The normalized spacial score (nSPS) is 10.3. The summed E-state index contributed by atoms with van der Waals surface area (Å²) in [5, 5.41) is 9.98. The molecule has 0 unspecified atom stereocenters. The summed E-state index contributed by atoms with van der Waals surface area (Å²) in [5.74, 6) is -1.18. The summed E-state index contributed by atoms with van der Waals surface area (Å²) in [6.45, 7) is 0. The third-order valence-corrected chi connectivity index (χ3v) is 1.43. The van der Waals surface area contributed by atoms with E-state index in [0.717, 1.165) is 11.6 Å². The molecule has 1 aromatic rings. The molecule has 66 valence electrons. The molecule has 0 aliphatic heterocycles. The summed E-state index contributed by atoms with van der Waals surface area (Å²) >= 11 is 0. The van der Waals surface area contributed by atoms with Gasteiger partial charge in [0.05, 0.1) is 5.97 Å². The minimum absolute atomic E-state index is 0. The largest absolute Gasteiger partial charge is 1.00 e. The van der Waals surface area contributed by atoms with Gasteiger partial charge in [-0.2, -0.15) is 0 Å². The predicted molar refractivity (Wildman–Crippen MR) is 49.6 cm³/mol. The predicted octanol–water partition coefficient (Wildman–Crippen LogP) is -1.99. The molecule has 0 saturated heterocycles. The second-order valence-corrected chi connectivity index (χ2v) is 2.45. The number of hydrogen-bond acceptors (Lipinski definition) is 2. The maximum absolute atomic E-state index is 9.98. The molecule has 14 heavy (non-hydrogen) atoms.